The van der Waals surface area contributed by atoms with Crippen LogP contribution in [0.1, 0.15) is 31.0 Å². The van der Waals surface area contributed by atoms with Gasteiger partial charge in [0.15, 0.2) is 0 Å². The highest BCUT2D eigenvalue weighted by Crippen LogP contribution is 2.26. The summed E-state index contributed by atoms with van der Waals surface area (Å²) in [7, 11) is 3.61. The molecule has 1 aliphatic rings. The number of nitrogens with zero attached hydrogens (tertiary/aromatic N) is 4. The van der Waals surface area contributed by atoms with Gasteiger partial charge in [0.25, 0.3) is 0 Å². The minimum absolute atomic E-state index is 0.0184. The average molecular weight is 383 g/mol. The van der Waals surface area contributed by atoms with E-state index in [1.807, 2.05) is 67.2 Å². The largest absolute Gasteiger partial charge is 0.338 e. The average Bonchev–Trinajstić information content (AvgIpc) is 3.14. The summed E-state index contributed by atoms with van der Waals surface area (Å²) in [6, 6.07) is 9.42. The van der Waals surface area contributed by atoms with E-state index in [0.717, 1.165) is 11.1 Å². The third-order valence-electron chi connectivity index (χ3n) is 5.50. The second-order valence-electron chi connectivity index (χ2n) is 7.78. The van der Waals surface area contributed by atoms with E-state index in [4.69, 9.17) is 0 Å². The molecular weight excluding hydrogens is 354 g/mol. The number of aryl methyl sites for hydroxylation is 1. The van der Waals surface area contributed by atoms with Gasteiger partial charge in [-0.2, -0.15) is 5.10 Å². The van der Waals surface area contributed by atoms with E-state index >= 15 is 0 Å². The Morgan fingerprint density at radius 3 is 2.21 bits per heavy atom. The van der Waals surface area contributed by atoms with Crippen molar-refractivity contribution < 1.29 is 9.59 Å². The van der Waals surface area contributed by atoms with Gasteiger partial charge in [0, 0.05) is 45.0 Å². The van der Waals surface area contributed by atoms with Crippen LogP contribution in [0.3, 0.4) is 0 Å². The normalized spacial score (nSPS) is 16.1. The first-order valence-electron chi connectivity index (χ1n) is 9.64. The maximum absolute atomic E-state index is 13.1. The first-order valence-corrected chi connectivity index (χ1v) is 9.64. The maximum atomic E-state index is 13.1. The molecule has 150 valence electrons. The molecule has 1 fully saturated rings. The van der Waals surface area contributed by atoms with E-state index in [2.05, 4.69) is 10.4 Å². The van der Waals surface area contributed by atoms with Gasteiger partial charge in [-0.15, -0.1) is 0 Å². The number of likely N-dealkylation sites (N-methyl/N-ethyl adjacent to an activating group) is 1. The number of carbonyl (C=O) groups is 2. The molecule has 7 heteroatoms. The number of benzene rings is 1. The Kier molecular flexibility index (Phi) is 5.84. The Labute approximate surface area is 166 Å². The smallest absolute Gasteiger partial charge is 0.244 e. The summed E-state index contributed by atoms with van der Waals surface area (Å²) in [5.41, 5.74) is 1.26. The molecule has 28 heavy (non-hydrogen) atoms. The lowest BCUT2D eigenvalue weighted by Gasteiger charge is -2.39. The van der Waals surface area contributed by atoms with Crippen LogP contribution in [0.5, 0.6) is 0 Å². The van der Waals surface area contributed by atoms with Crippen LogP contribution in [0.2, 0.25) is 0 Å². The summed E-state index contributed by atoms with van der Waals surface area (Å²) in [6.07, 6.45) is 3.56. The molecule has 0 bridgehead atoms. The molecule has 1 N–H and O–H groups in total. The van der Waals surface area contributed by atoms with Crippen molar-refractivity contribution in [3.8, 4) is 0 Å². The summed E-state index contributed by atoms with van der Waals surface area (Å²) in [5, 5.41) is 7.24. The Morgan fingerprint density at radius 1 is 1.07 bits per heavy atom. The van der Waals surface area contributed by atoms with Crippen molar-refractivity contribution in [2.24, 2.45) is 7.05 Å². The van der Waals surface area contributed by atoms with E-state index < -0.39 is 11.5 Å². The van der Waals surface area contributed by atoms with E-state index in [-0.39, 0.29) is 11.8 Å². The fourth-order valence-electron chi connectivity index (χ4n) is 3.71. The van der Waals surface area contributed by atoms with Crippen LogP contribution >= 0.6 is 0 Å². The Balaban J connectivity index is 1.63. The molecule has 1 aliphatic heterocycles. The third kappa shape index (κ3) is 3.94. The molecule has 0 saturated carbocycles. The van der Waals surface area contributed by atoms with Gasteiger partial charge < -0.3 is 15.1 Å². The van der Waals surface area contributed by atoms with Crippen molar-refractivity contribution in [3.05, 3.63) is 53.9 Å². The molecule has 1 aromatic heterocycles. The second kappa shape index (κ2) is 8.14. The van der Waals surface area contributed by atoms with Crippen LogP contribution < -0.4 is 5.32 Å². The number of aromatic nitrogens is 2. The van der Waals surface area contributed by atoms with Crippen LogP contribution in [-0.4, -0.2) is 64.6 Å². The summed E-state index contributed by atoms with van der Waals surface area (Å²) in [5.74, 6) is 0.119. The van der Waals surface area contributed by atoms with E-state index in [0.29, 0.717) is 26.2 Å². The van der Waals surface area contributed by atoms with Gasteiger partial charge in [0.05, 0.1) is 11.6 Å². The number of piperazine rings is 1. The van der Waals surface area contributed by atoms with Crippen molar-refractivity contribution >= 4 is 11.8 Å². The number of carbonyl (C=O) groups excluding carboxylic acids is 2. The van der Waals surface area contributed by atoms with Gasteiger partial charge >= 0.3 is 0 Å². The molecule has 2 aromatic rings. The molecule has 0 radical (unpaired) electrons. The van der Waals surface area contributed by atoms with Gasteiger partial charge in [-0.05, 0) is 26.5 Å². The van der Waals surface area contributed by atoms with E-state index in [1.165, 1.54) is 0 Å². The van der Waals surface area contributed by atoms with Crippen molar-refractivity contribution in [2.45, 2.75) is 25.3 Å². The molecule has 1 saturated heterocycles. The molecule has 1 atom stereocenters. The van der Waals surface area contributed by atoms with Gasteiger partial charge in [0.1, 0.15) is 6.04 Å². The number of hydrogen-bond donors (Lipinski definition) is 1. The maximum Gasteiger partial charge on any atom is 0.244 e. The number of hydrogen-bond acceptors (Lipinski definition) is 4. The summed E-state index contributed by atoms with van der Waals surface area (Å²) in [4.78, 5) is 29.8. The minimum Gasteiger partial charge on any atom is -0.338 e. The van der Waals surface area contributed by atoms with Crippen LogP contribution in [0, 0.1) is 0 Å². The van der Waals surface area contributed by atoms with Gasteiger partial charge in [-0.25, -0.2) is 0 Å². The van der Waals surface area contributed by atoms with Crippen LogP contribution in [-0.2, 0) is 22.1 Å². The number of rotatable bonds is 5. The van der Waals surface area contributed by atoms with Crippen molar-refractivity contribution in [1.29, 1.82) is 0 Å². The zero-order valence-electron chi connectivity index (χ0n) is 17.1. The van der Waals surface area contributed by atoms with Gasteiger partial charge in [-0.1, -0.05) is 30.3 Å². The minimum atomic E-state index is -0.587. The molecule has 2 amide bonds. The lowest BCUT2D eigenvalue weighted by molar-refractivity contribution is -0.143. The topological polar surface area (TPSA) is 70.5 Å². The van der Waals surface area contributed by atoms with Crippen molar-refractivity contribution in [2.75, 3.05) is 33.2 Å². The van der Waals surface area contributed by atoms with Crippen molar-refractivity contribution in [3.63, 3.8) is 0 Å². The molecular formula is C21H29N5O2. The molecule has 0 aliphatic carbocycles. The first-order chi connectivity index (χ1) is 13.3. The molecule has 1 unspecified atom stereocenters. The highest BCUT2D eigenvalue weighted by Gasteiger charge is 2.36. The Morgan fingerprint density at radius 2 is 1.68 bits per heavy atom. The predicted octanol–water partition coefficient (Wildman–Crippen LogP) is 1.33. The molecule has 2 heterocycles. The fraction of sp³-hybridized carbons (Fsp3) is 0.476. The zero-order valence-corrected chi connectivity index (χ0v) is 17.1. The first kappa shape index (κ1) is 20.1. The van der Waals surface area contributed by atoms with Crippen LogP contribution in [0.25, 0.3) is 0 Å². The summed E-state index contributed by atoms with van der Waals surface area (Å²) in [6.45, 7) is 6.08. The molecule has 7 nitrogen and oxygen atoms in total. The lowest BCUT2D eigenvalue weighted by atomic mass is 9.83. The fourth-order valence-corrected chi connectivity index (χ4v) is 3.71. The quantitative estimate of drug-likeness (QED) is 0.846. The standard InChI is InChI=1S/C21H29N5O2/c1-21(2,17-8-6-5-7-9-17)20(28)26-12-10-25(11-13-26)19(27)18(22-3)16-14-23-24(4)15-16/h5-9,14-15,18,22H,10-13H2,1-4H3. The Hall–Kier alpha value is -2.67. The Bertz CT molecular complexity index is 822. The van der Waals surface area contributed by atoms with E-state index in [9.17, 15) is 9.59 Å². The molecule has 1 aromatic carbocycles. The third-order valence-corrected chi connectivity index (χ3v) is 5.50. The second-order valence-corrected chi connectivity index (χ2v) is 7.78. The molecule has 3 rings (SSSR count). The summed E-state index contributed by atoms with van der Waals surface area (Å²) >= 11 is 0. The van der Waals surface area contributed by atoms with Gasteiger partial charge in [0.2, 0.25) is 11.8 Å². The lowest BCUT2D eigenvalue weighted by Crippen LogP contribution is -2.55. The highest BCUT2D eigenvalue weighted by molar-refractivity contribution is 5.88. The monoisotopic (exact) mass is 383 g/mol. The van der Waals surface area contributed by atoms with Crippen molar-refractivity contribution in [1.82, 2.24) is 24.9 Å². The van der Waals surface area contributed by atoms with Gasteiger partial charge in [-0.3, -0.25) is 14.3 Å². The van der Waals surface area contributed by atoms with Crippen LogP contribution in [0.4, 0.5) is 0 Å². The highest BCUT2D eigenvalue weighted by atomic mass is 16.2. The number of nitrogens with one attached hydrogen (secondary N) is 1. The SMILES string of the molecule is CNC(C(=O)N1CCN(C(=O)C(C)(C)c2ccccc2)CC1)c1cnn(C)c1. The number of amides is 2. The molecule has 0 spiro atoms. The zero-order chi connectivity index (χ0) is 20.3. The predicted molar refractivity (Wildman–Crippen MR) is 108 cm³/mol. The van der Waals surface area contributed by atoms with E-state index in [1.54, 1.807) is 17.9 Å². The van der Waals surface area contributed by atoms with Crippen LogP contribution in [0.15, 0.2) is 42.7 Å². The summed E-state index contributed by atoms with van der Waals surface area (Å²) < 4.78 is 1.69.